The van der Waals surface area contributed by atoms with Gasteiger partial charge in [0.1, 0.15) is 6.54 Å². The first-order valence-corrected chi connectivity index (χ1v) is 7.74. The number of hydrogen-bond donors (Lipinski definition) is 1. The SMILES string of the molecule is O=C(CN1C(=O)COc2cccnc21)Nc1cccc2cccnc12. The van der Waals surface area contributed by atoms with E-state index in [1.165, 1.54) is 4.90 Å². The summed E-state index contributed by atoms with van der Waals surface area (Å²) in [4.78, 5) is 34.4. The fourth-order valence-corrected chi connectivity index (χ4v) is 2.73. The zero-order valence-corrected chi connectivity index (χ0v) is 13.2. The Labute approximate surface area is 143 Å². The number of rotatable bonds is 3. The number of carbonyl (C=O) groups is 2. The molecular formula is C18H14N4O3. The van der Waals surface area contributed by atoms with Gasteiger partial charge in [0.15, 0.2) is 18.2 Å². The average molecular weight is 334 g/mol. The summed E-state index contributed by atoms with van der Waals surface area (Å²) in [6.45, 7) is -0.253. The summed E-state index contributed by atoms with van der Waals surface area (Å²) in [5, 5.41) is 3.75. The molecule has 0 bridgehead atoms. The molecule has 0 saturated heterocycles. The number of nitrogens with one attached hydrogen (secondary N) is 1. The molecule has 2 aromatic heterocycles. The van der Waals surface area contributed by atoms with E-state index >= 15 is 0 Å². The summed E-state index contributed by atoms with van der Waals surface area (Å²) in [6.07, 6.45) is 3.23. The average Bonchev–Trinajstić information content (AvgIpc) is 2.64. The molecule has 4 rings (SSSR count). The molecule has 7 nitrogen and oxygen atoms in total. The van der Waals surface area contributed by atoms with Crippen molar-refractivity contribution >= 4 is 34.2 Å². The Morgan fingerprint density at radius 3 is 2.84 bits per heavy atom. The lowest BCUT2D eigenvalue weighted by Gasteiger charge is -2.27. The molecule has 0 unspecified atom stereocenters. The second kappa shape index (κ2) is 6.20. The van der Waals surface area contributed by atoms with Crippen LogP contribution in [0.3, 0.4) is 0 Å². The number of pyridine rings is 2. The van der Waals surface area contributed by atoms with Crippen molar-refractivity contribution in [1.29, 1.82) is 0 Å². The first kappa shape index (κ1) is 15.1. The third kappa shape index (κ3) is 2.87. The Morgan fingerprint density at radius 2 is 1.92 bits per heavy atom. The smallest absolute Gasteiger partial charge is 0.266 e. The first-order chi connectivity index (χ1) is 12.2. The van der Waals surface area contributed by atoms with Gasteiger partial charge in [0, 0.05) is 17.8 Å². The van der Waals surface area contributed by atoms with Crippen molar-refractivity contribution in [3.05, 3.63) is 54.9 Å². The lowest BCUT2D eigenvalue weighted by atomic mass is 10.2. The van der Waals surface area contributed by atoms with Crippen LogP contribution in [0.1, 0.15) is 0 Å². The topological polar surface area (TPSA) is 84.4 Å². The highest BCUT2D eigenvalue weighted by molar-refractivity contribution is 6.06. The van der Waals surface area contributed by atoms with Crippen LogP contribution >= 0.6 is 0 Å². The zero-order chi connectivity index (χ0) is 17.2. The van der Waals surface area contributed by atoms with E-state index in [0.29, 0.717) is 22.8 Å². The monoisotopic (exact) mass is 334 g/mol. The van der Waals surface area contributed by atoms with E-state index in [-0.39, 0.29) is 25.0 Å². The molecule has 0 fully saturated rings. The Hall–Kier alpha value is -3.48. The molecule has 124 valence electrons. The molecule has 1 N–H and O–H groups in total. The molecule has 3 heterocycles. The predicted octanol–water partition coefficient (Wildman–Crippen LogP) is 1.99. The predicted molar refractivity (Wildman–Crippen MR) is 92.5 cm³/mol. The highest BCUT2D eigenvalue weighted by Crippen LogP contribution is 2.29. The number of amides is 2. The van der Waals surface area contributed by atoms with Crippen LogP contribution in [0.4, 0.5) is 11.5 Å². The number of carbonyl (C=O) groups excluding carboxylic acids is 2. The van der Waals surface area contributed by atoms with Gasteiger partial charge >= 0.3 is 0 Å². The van der Waals surface area contributed by atoms with Gasteiger partial charge < -0.3 is 10.1 Å². The second-order valence-electron chi connectivity index (χ2n) is 5.52. The van der Waals surface area contributed by atoms with Crippen molar-refractivity contribution in [2.45, 2.75) is 0 Å². The van der Waals surface area contributed by atoms with Crippen LogP contribution in [-0.4, -0.2) is 34.9 Å². The van der Waals surface area contributed by atoms with Crippen LogP contribution in [0.5, 0.6) is 5.75 Å². The summed E-state index contributed by atoms with van der Waals surface area (Å²) >= 11 is 0. The van der Waals surface area contributed by atoms with Crippen molar-refractivity contribution in [3.63, 3.8) is 0 Å². The summed E-state index contributed by atoms with van der Waals surface area (Å²) in [7, 11) is 0. The van der Waals surface area contributed by atoms with Gasteiger partial charge in [-0.05, 0) is 24.3 Å². The van der Waals surface area contributed by atoms with E-state index in [2.05, 4.69) is 15.3 Å². The number of benzene rings is 1. The van der Waals surface area contributed by atoms with Crippen LogP contribution in [0.2, 0.25) is 0 Å². The van der Waals surface area contributed by atoms with Gasteiger partial charge in [-0.3, -0.25) is 19.5 Å². The highest BCUT2D eigenvalue weighted by atomic mass is 16.5. The van der Waals surface area contributed by atoms with Crippen molar-refractivity contribution in [1.82, 2.24) is 9.97 Å². The number of fused-ring (bicyclic) bond motifs is 2. The normalized spacial score (nSPS) is 13.3. The third-order valence-corrected chi connectivity index (χ3v) is 3.87. The van der Waals surface area contributed by atoms with E-state index in [1.54, 1.807) is 30.6 Å². The Morgan fingerprint density at radius 1 is 1.12 bits per heavy atom. The van der Waals surface area contributed by atoms with Crippen LogP contribution in [0.25, 0.3) is 10.9 Å². The molecule has 25 heavy (non-hydrogen) atoms. The van der Waals surface area contributed by atoms with E-state index in [9.17, 15) is 9.59 Å². The number of nitrogens with zero attached hydrogens (tertiary/aromatic N) is 3. The molecule has 0 aliphatic carbocycles. The highest BCUT2D eigenvalue weighted by Gasteiger charge is 2.28. The maximum Gasteiger partial charge on any atom is 0.266 e. The van der Waals surface area contributed by atoms with Gasteiger partial charge in [0.05, 0.1) is 11.2 Å². The summed E-state index contributed by atoms with van der Waals surface area (Å²) in [6, 6.07) is 12.7. The second-order valence-corrected chi connectivity index (χ2v) is 5.52. The minimum atomic E-state index is -0.329. The van der Waals surface area contributed by atoms with E-state index in [0.717, 1.165) is 5.39 Å². The van der Waals surface area contributed by atoms with Gasteiger partial charge in [-0.25, -0.2) is 4.98 Å². The van der Waals surface area contributed by atoms with Gasteiger partial charge in [-0.1, -0.05) is 18.2 Å². The molecule has 0 atom stereocenters. The van der Waals surface area contributed by atoms with Crippen LogP contribution in [-0.2, 0) is 9.59 Å². The number of anilines is 2. The Bertz CT molecular complexity index is 968. The van der Waals surface area contributed by atoms with Crippen LogP contribution < -0.4 is 15.0 Å². The Kier molecular flexibility index (Phi) is 3.74. The van der Waals surface area contributed by atoms with E-state index < -0.39 is 0 Å². The van der Waals surface area contributed by atoms with Gasteiger partial charge in [-0.15, -0.1) is 0 Å². The van der Waals surface area contributed by atoms with Crippen LogP contribution in [0.15, 0.2) is 54.9 Å². The number of aromatic nitrogens is 2. The molecule has 0 saturated carbocycles. The maximum absolute atomic E-state index is 12.5. The number of hydrogen-bond acceptors (Lipinski definition) is 5. The van der Waals surface area contributed by atoms with E-state index in [1.807, 2.05) is 24.3 Å². The largest absolute Gasteiger partial charge is 0.480 e. The minimum Gasteiger partial charge on any atom is -0.480 e. The molecule has 2 amide bonds. The fraction of sp³-hybridized carbons (Fsp3) is 0.111. The lowest BCUT2D eigenvalue weighted by molar-refractivity contribution is -0.123. The zero-order valence-electron chi connectivity index (χ0n) is 13.2. The number of ether oxygens (including phenoxy) is 1. The summed E-state index contributed by atoms with van der Waals surface area (Å²) in [5.74, 6) is 0.203. The lowest BCUT2D eigenvalue weighted by Crippen LogP contribution is -2.43. The van der Waals surface area contributed by atoms with Gasteiger partial charge in [-0.2, -0.15) is 0 Å². The van der Waals surface area contributed by atoms with Gasteiger partial charge in [0.25, 0.3) is 5.91 Å². The molecule has 3 aromatic rings. The summed E-state index contributed by atoms with van der Waals surface area (Å²) in [5.41, 5.74) is 1.30. The fourth-order valence-electron chi connectivity index (χ4n) is 2.73. The first-order valence-electron chi connectivity index (χ1n) is 7.74. The summed E-state index contributed by atoms with van der Waals surface area (Å²) < 4.78 is 5.33. The molecular weight excluding hydrogens is 320 g/mol. The standard InChI is InChI=1S/C18H14N4O3/c23-15(21-13-6-1-4-12-5-2-8-19-17(12)13)10-22-16(24)11-25-14-7-3-9-20-18(14)22/h1-9H,10-11H2,(H,21,23). The molecule has 0 spiro atoms. The molecule has 7 heteroatoms. The van der Waals surface area contributed by atoms with Gasteiger partial charge in [0.2, 0.25) is 5.91 Å². The third-order valence-electron chi connectivity index (χ3n) is 3.87. The maximum atomic E-state index is 12.5. The molecule has 1 aromatic carbocycles. The van der Waals surface area contributed by atoms with Crippen molar-refractivity contribution < 1.29 is 14.3 Å². The Balaban J connectivity index is 1.57. The van der Waals surface area contributed by atoms with Crippen molar-refractivity contribution in [2.24, 2.45) is 0 Å². The van der Waals surface area contributed by atoms with Crippen LogP contribution in [0, 0.1) is 0 Å². The number of para-hydroxylation sites is 1. The van der Waals surface area contributed by atoms with E-state index in [4.69, 9.17) is 4.74 Å². The quantitative estimate of drug-likeness (QED) is 0.792. The molecule has 0 radical (unpaired) electrons. The van der Waals surface area contributed by atoms with Crippen molar-refractivity contribution in [3.8, 4) is 5.75 Å². The minimum absolute atomic E-state index is 0.109. The van der Waals surface area contributed by atoms with Crippen molar-refractivity contribution in [2.75, 3.05) is 23.4 Å². The molecule has 1 aliphatic rings. The molecule has 1 aliphatic heterocycles.